The summed E-state index contributed by atoms with van der Waals surface area (Å²) < 4.78 is 5.55. The van der Waals surface area contributed by atoms with Crippen LogP contribution in [0.1, 0.15) is 43.9 Å². The minimum atomic E-state index is -0.389. The minimum absolute atomic E-state index is 0. The second-order valence-electron chi connectivity index (χ2n) is 6.12. The number of amides is 1. The number of hydrogen-bond acceptors (Lipinski definition) is 3. The number of carbonyl (C=O) groups is 1. The van der Waals surface area contributed by atoms with Gasteiger partial charge in [0.2, 0.25) is 5.91 Å². The van der Waals surface area contributed by atoms with Gasteiger partial charge in [0.15, 0.2) is 0 Å². The summed E-state index contributed by atoms with van der Waals surface area (Å²) in [5.41, 5.74) is 3.83. The van der Waals surface area contributed by atoms with Crippen LogP contribution in [-0.2, 0) is 29.2 Å². The van der Waals surface area contributed by atoms with Gasteiger partial charge in [0, 0.05) is 26.2 Å². The van der Waals surface area contributed by atoms with E-state index in [1.54, 1.807) is 0 Å². The zero-order chi connectivity index (χ0) is 15.2. The first kappa shape index (κ1) is 18.9. The first-order chi connectivity index (χ1) is 10.1. The Kier molecular flexibility index (Phi) is 7.87. The number of rotatable bonds is 7. The Balaban J connectivity index is 0.00000242. The molecule has 0 saturated carbocycles. The average molecular weight is 327 g/mol. The molecule has 0 aliphatic carbocycles. The largest absolute Gasteiger partial charge is 0.369 e. The zero-order valence-corrected chi connectivity index (χ0v) is 14.5. The second kappa shape index (κ2) is 9.13. The van der Waals surface area contributed by atoms with Crippen molar-refractivity contribution < 1.29 is 9.53 Å². The molecule has 0 spiro atoms. The third kappa shape index (κ3) is 5.59. The highest BCUT2D eigenvalue weighted by Gasteiger charge is 2.14. The van der Waals surface area contributed by atoms with Crippen molar-refractivity contribution in [2.45, 2.75) is 52.9 Å². The fourth-order valence-electron chi connectivity index (χ4n) is 2.35. The summed E-state index contributed by atoms with van der Waals surface area (Å²) in [4.78, 5) is 12.0. The van der Waals surface area contributed by atoms with Crippen molar-refractivity contribution in [1.82, 2.24) is 10.6 Å². The molecule has 1 amide bonds. The normalized spacial score (nSPS) is 14.4. The lowest BCUT2D eigenvalue weighted by Crippen LogP contribution is -2.34. The number of carbonyl (C=O) groups excluding carboxylic acids is 1. The molecule has 1 aliphatic rings. The number of ether oxygens (including phenoxy) is 1. The van der Waals surface area contributed by atoms with Crippen molar-refractivity contribution in [2.75, 3.05) is 6.61 Å². The van der Waals surface area contributed by atoms with Crippen LogP contribution in [0.25, 0.3) is 0 Å². The Bertz CT molecular complexity index is 492. The van der Waals surface area contributed by atoms with Gasteiger partial charge in [-0.05, 0) is 36.0 Å². The molecule has 1 aromatic rings. The predicted molar refractivity (Wildman–Crippen MR) is 90.9 cm³/mol. The monoisotopic (exact) mass is 326 g/mol. The van der Waals surface area contributed by atoms with Crippen molar-refractivity contribution in [2.24, 2.45) is 5.92 Å². The summed E-state index contributed by atoms with van der Waals surface area (Å²) in [5, 5.41) is 6.27. The van der Waals surface area contributed by atoms with Crippen molar-refractivity contribution in [3.8, 4) is 0 Å². The van der Waals surface area contributed by atoms with E-state index in [0.717, 1.165) is 25.1 Å². The molecule has 1 aliphatic heterocycles. The topological polar surface area (TPSA) is 50.4 Å². The maximum Gasteiger partial charge on any atom is 0.249 e. The van der Waals surface area contributed by atoms with E-state index in [2.05, 4.69) is 42.7 Å². The van der Waals surface area contributed by atoms with Crippen molar-refractivity contribution in [1.29, 1.82) is 0 Å². The van der Waals surface area contributed by atoms with Crippen LogP contribution in [0.5, 0.6) is 0 Å². The van der Waals surface area contributed by atoms with E-state index in [1.165, 1.54) is 11.1 Å². The van der Waals surface area contributed by atoms with Crippen LogP contribution in [0.15, 0.2) is 18.2 Å². The number of halogens is 1. The molecule has 0 bridgehead atoms. The molecule has 0 saturated heterocycles. The molecule has 5 heteroatoms. The van der Waals surface area contributed by atoms with Crippen LogP contribution in [0.4, 0.5) is 0 Å². The Labute approximate surface area is 139 Å². The Morgan fingerprint density at radius 3 is 2.73 bits per heavy atom. The van der Waals surface area contributed by atoms with Crippen LogP contribution in [-0.4, -0.2) is 18.6 Å². The number of fused-ring (bicyclic) bond motifs is 1. The molecule has 0 fully saturated rings. The molecule has 2 N–H and O–H groups in total. The molecule has 4 nitrogen and oxygen atoms in total. The van der Waals surface area contributed by atoms with Gasteiger partial charge in [0.05, 0.1) is 0 Å². The van der Waals surface area contributed by atoms with E-state index in [4.69, 9.17) is 4.74 Å². The Morgan fingerprint density at radius 2 is 2.00 bits per heavy atom. The number of benzene rings is 1. The highest BCUT2D eigenvalue weighted by atomic mass is 35.5. The molecule has 0 radical (unpaired) electrons. The molecule has 1 atom stereocenters. The van der Waals surface area contributed by atoms with Crippen LogP contribution in [0, 0.1) is 5.92 Å². The van der Waals surface area contributed by atoms with Gasteiger partial charge < -0.3 is 15.4 Å². The van der Waals surface area contributed by atoms with E-state index in [9.17, 15) is 4.79 Å². The second-order valence-corrected chi connectivity index (χ2v) is 6.12. The maximum atomic E-state index is 12.0. The fraction of sp³-hybridized carbons (Fsp3) is 0.588. The van der Waals surface area contributed by atoms with E-state index in [0.29, 0.717) is 19.1 Å². The summed E-state index contributed by atoms with van der Waals surface area (Å²) in [7, 11) is 0. The van der Waals surface area contributed by atoms with Crippen LogP contribution < -0.4 is 10.6 Å². The summed E-state index contributed by atoms with van der Waals surface area (Å²) >= 11 is 0. The lowest BCUT2D eigenvalue weighted by atomic mass is 10.1. The lowest BCUT2D eigenvalue weighted by Gasteiger charge is -2.14. The van der Waals surface area contributed by atoms with Crippen LogP contribution in [0.2, 0.25) is 0 Å². The maximum absolute atomic E-state index is 12.0. The average Bonchev–Trinajstić information content (AvgIpc) is 2.91. The third-order valence-electron chi connectivity index (χ3n) is 3.80. The summed E-state index contributed by atoms with van der Waals surface area (Å²) in [6.07, 6.45) is 0.593. The summed E-state index contributed by atoms with van der Waals surface area (Å²) in [6, 6.07) is 6.38. The predicted octanol–water partition coefficient (Wildman–Crippen LogP) is 2.78. The Hall–Kier alpha value is -1.10. The highest BCUT2D eigenvalue weighted by Crippen LogP contribution is 2.16. The van der Waals surface area contributed by atoms with Gasteiger partial charge in [-0.15, -0.1) is 12.4 Å². The number of nitrogens with one attached hydrogen (secondary N) is 2. The van der Waals surface area contributed by atoms with Crippen molar-refractivity contribution in [3.05, 3.63) is 34.9 Å². The summed E-state index contributed by atoms with van der Waals surface area (Å²) in [5.74, 6) is 0.553. The standard InChI is InChI=1S/C17H26N2O2.ClH/c1-12(2)6-7-21-13(3)17(20)19-9-14-4-5-15-10-18-11-16(15)8-14;/h4-5,8,12-13,18H,6-7,9-11H2,1-3H3,(H,19,20);1H. The summed E-state index contributed by atoms with van der Waals surface area (Å²) in [6.45, 7) is 9.17. The molecule has 1 heterocycles. The van der Waals surface area contributed by atoms with Gasteiger partial charge >= 0.3 is 0 Å². The van der Waals surface area contributed by atoms with E-state index < -0.39 is 0 Å². The first-order valence-electron chi connectivity index (χ1n) is 7.77. The molecular weight excluding hydrogens is 300 g/mol. The third-order valence-corrected chi connectivity index (χ3v) is 3.80. The quantitative estimate of drug-likeness (QED) is 0.810. The van der Waals surface area contributed by atoms with Crippen molar-refractivity contribution in [3.63, 3.8) is 0 Å². The van der Waals surface area contributed by atoms with Crippen LogP contribution >= 0.6 is 12.4 Å². The molecule has 124 valence electrons. The van der Waals surface area contributed by atoms with E-state index in [-0.39, 0.29) is 24.4 Å². The van der Waals surface area contributed by atoms with Gasteiger partial charge in [0.25, 0.3) is 0 Å². The van der Waals surface area contributed by atoms with Gasteiger partial charge in [-0.1, -0.05) is 32.0 Å². The highest BCUT2D eigenvalue weighted by molar-refractivity contribution is 5.85. The molecule has 1 aromatic carbocycles. The molecule has 22 heavy (non-hydrogen) atoms. The zero-order valence-electron chi connectivity index (χ0n) is 13.6. The smallest absolute Gasteiger partial charge is 0.249 e. The van der Waals surface area contributed by atoms with Crippen molar-refractivity contribution >= 4 is 18.3 Å². The van der Waals surface area contributed by atoms with Gasteiger partial charge in [-0.3, -0.25) is 4.79 Å². The molecular formula is C17H27ClN2O2. The van der Waals surface area contributed by atoms with Gasteiger partial charge in [-0.25, -0.2) is 0 Å². The SMILES string of the molecule is CC(C)CCOC(C)C(=O)NCc1ccc2c(c1)CNC2.Cl. The van der Waals surface area contributed by atoms with E-state index >= 15 is 0 Å². The van der Waals surface area contributed by atoms with Gasteiger partial charge in [0.1, 0.15) is 6.10 Å². The fourth-order valence-corrected chi connectivity index (χ4v) is 2.35. The number of hydrogen-bond donors (Lipinski definition) is 2. The minimum Gasteiger partial charge on any atom is -0.369 e. The first-order valence-corrected chi connectivity index (χ1v) is 7.77. The molecule has 2 rings (SSSR count). The Morgan fingerprint density at radius 1 is 1.27 bits per heavy atom. The molecule has 1 unspecified atom stereocenters. The van der Waals surface area contributed by atoms with Crippen LogP contribution in [0.3, 0.4) is 0 Å². The van der Waals surface area contributed by atoms with E-state index in [1.807, 2.05) is 6.92 Å². The van der Waals surface area contributed by atoms with Gasteiger partial charge in [-0.2, -0.15) is 0 Å². The lowest BCUT2D eigenvalue weighted by molar-refractivity contribution is -0.132. The molecule has 0 aromatic heterocycles.